The number of hydrogen-bond donors (Lipinski definition) is 2. The third-order valence-corrected chi connectivity index (χ3v) is 4.93. The molecule has 0 fully saturated rings. The van der Waals surface area contributed by atoms with Crippen molar-refractivity contribution in [2.45, 2.75) is 52.0 Å². The Kier molecular flexibility index (Phi) is 3.90. The normalized spacial score (nSPS) is 21.4. The maximum atomic E-state index is 11.1. The molecule has 0 saturated carbocycles. The average Bonchev–Trinajstić information content (AvgIpc) is 2.86. The van der Waals surface area contributed by atoms with E-state index in [-0.39, 0.29) is 0 Å². The molecule has 0 spiro atoms. The summed E-state index contributed by atoms with van der Waals surface area (Å²) in [4.78, 5) is 16.7. The maximum Gasteiger partial charge on any atom is 0.312 e. The Labute approximate surface area is 111 Å². The summed E-state index contributed by atoms with van der Waals surface area (Å²) >= 11 is 1.61. The predicted molar refractivity (Wildman–Crippen MR) is 73.4 cm³/mol. The summed E-state index contributed by atoms with van der Waals surface area (Å²) in [7, 11) is 0. The summed E-state index contributed by atoms with van der Waals surface area (Å²) in [6.07, 6.45) is 2.67. The molecule has 1 heterocycles. The van der Waals surface area contributed by atoms with Crippen molar-refractivity contribution >= 4 is 22.4 Å². The van der Waals surface area contributed by atoms with Gasteiger partial charge >= 0.3 is 5.97 Å². The van der Waals surface area contributed by atoms with Gasteiger partial charge in [-0.25, -0.2) is 4.98 Å². The number of fused-ring (bicyclic) bond motifs is 1. The Balaban J connectivity index is 2.09. The van der Waals surface area contributed by atoms with Gasteiger partial charge in [0.05, 0.1) is 5.69 Å². The van der Waals surface area contributed by atoms with E-state index in [1.165, 1.54) is 0 Å². The van der Waals surface area contributed by atoms with Gasteiger partial charge in [0.25, 0.3) is 0 Å². The number of thiazole rings is 1. The number of nitrogens with zero attached hydrogens (tertiary/aromatic N) is 1. The SMILES string of the molecule is CCC(C)C(C)Nc1nc2c(s1)CCC2C(=O)O. The van der Waals surface area contributed by atoms with Gasteiger partial charge in [-0.15, -0.1) is 11.3 Å². The van der Waals surface area contributed by atoms with Crippen LogP contribution in [0.1, 0.15) is 50.1 Å². The van der Waals surface area contributed by atoms with Crippen molar-refractivity contribution in [3.8, 4) is 0 Å². The second kappa shape index (κ2) is 5.26. The molecule has 3 atom stereocenters. The summed E-state index contributed by atoms with van der Waals surface area (Å²) in [5.74, 6) is -0.565. The van der Waals surface area contributed by atoms with Crippen LogP contribution in [0.5, 0.6) is 0 Å². The Morgan fingerprint density at radius 2 is 2.33 bits per heavy atom. The zero-order valence-corrected chi connectivity index (χ0v) is 11.9. The standard InChI is InChI=1S/C13H20N2O2S/c1-4-7(2)8(3)14-13-15-11-9(12(16)17)5-6-10(11)18-13/h7-9H,4-6H2,1-3H3,(H,14,15)(H,16,17). The van der Waals surface area contributed by atoms with Gasteiger partial charge in [0.15, 0.2) is 5.13 Å². The minimum absolute atomic E-state index is 0.365. The van der Waals surface area contributed by atoms with Gasteiger partial charge in [-0.1, -0.05) is 20.3 Å². The first-order valence-electron chi connectivity index (χ1n) is 6.51. The molecule has 0 amide bonds. The molecule has 0 radical (unpaired) electrons. The van der Waals surface area contributed by atoms with E-state index >= 15 is 0 Å². The van der Waals surface area contributed by atoms with E-state index in [1.54, 1.807) is 11.3 Å². The molecular weight excluding hydrogens is 248 g/mol. The topological polar surface area (TPSA) is 62.2 Å². The molecule has 1 aliphatic carbocycles. The first kappa shape index (κ1) is 13.3. The summed E-state index contributed by atoms with van der Waals surface area (Å²) < 4.78 is 0. The molecule has 1 aromatic rings. The number of carboxylic acid groups (broad SMARTS) is 1. The van der Waals surface area contributed by atoms with Crippen LogP contribution in [0.4, 0.5) is 5.13 Å². The molecule has 0 aliphatic heterocycles. The average molecular weight is 268 g/mol. The van der Waals surface area contributed by atoms with Crippen molar-refractivity contribution in [2.75, 3.05) is 5.32 Å². The largest absolute Gasteiger partial charge is 0.481 e. The van der Waals surface area contributed by atoms with Crippen LogP contribution in [0, 0.1) is 5.92 Å². The number of rotatable bonds is 5. The summed E-state index contributed by atoms with van der Waals surface area (Å²) in [6.45, 7) is 6.53. The molecule has 1 aliphatic rings. The second-order valence-corrected chi connectivity index (χ2v) is 6.16. The minimum atomic E-state index is -0.749. The molecule has 1 aromatic heterocycles. The van der Waals surface area contributed by atoms with Gasteiger partial charge in [-0.05, 0) is 25.7 Å². The fourth-order valence-electron chi connectivity index (χ4n) is 2.22. The fraction of sp³-hybridized carbons (Fsp3) is 0.692. The molecule has 0 saturated heterocycles. The lowest BCUT2D eigenvalue weighted by atomic mass is 10.0. The van der Waals surface area contributed by atoms with Crippen LogP contribution < -0.4 is 5.32 Å². The molecule has 3 unspecified atom stereocenters. The number of aromatic nitrogens is 1. The van der Waals surface area contributed by atoms with Gasteiger partial charge in [-0.2, -0.15) is 0 Å². The van der Waals surface area contributed by atoms with Crippen LogP contribution >= 0.6 is 11.3 Å². The number of hydrogen-bond acceptors (Lipinski definition) is 4. The van der Waals surface area contributed by atoms with Gasteiger partial charge < -0.3 is 10.4 Å². The molecule has 2 rings (SSSR count). The van der Waals surface area contributed by atoms with E-state index < -0.39 is 11.9 Å². The lowest BCUT2D eigenvalue weighted by Gasteiger charge is -2.19. The molecule has 0 aromatic carbocycles. The Hall–Kier alpha value is -1.10. The summed E-state index contributed by atoms with van der Waals surface area (Å²) in [6, 6.07) is 0.365. The molecular formula is C13H20N2O2S. The highest BCUT2D eigenvalue weighted by atomic mass is 32.1. The first-order chi connectivity index (χ1) is 8.52. The van der Waals surface area contributed by atoms with Crippen molar-refractivity contribution in [3.63, 3.8) is 0 Å². The van der Waals surface area contributed by atoms with Crippen LogP contribution in [0.15, 0.2) is 0 Å². The third-order valence-electron chi connectivity index (χ3n) is 3.86. The molecule has 18 heavy (non-hydrogen) atoms. The van der Waals surface area contributed by atoms with Gasteiger partial charge in [-0.3, -0.25) is 4.79 Å². The van der Waals surface area contributed by atoms with E-state index in [1.807, 2.05) is 0 Å². The third kappa shape index (κ3) is 2.51. The number of carbonyl (C=O) groups is 1. The maximum absolute atomic E-state index is 11.1. The lowest BCUT2D eigenvalue weighted by Crippen LogP contribution is -2.23. The van der Waals surface area contributed by atoms with Gasteiger partial charge in [0.1, 0.15) is 5.92 Å². The predicted octanol–water partition coefficient (Wildman–Crippen LogP) is 3.10. The molecule has 100 valence electrons. The molecule has 0 bridgehead atoms. The van der Waals surface area contributed by atoms with Crippen LogP contribution in [0.3, 0.4) is 0 Å². The van der Waals surface area contributed by atoms with Crippen molar-refractivity contribution in [1.29, 1.82) is 0 Å². The van der Waals surface area contributed by atoms with Crippen LogP contribution in [0.2, 0.25) is 0 Å². The minimum Gasteiger partial charge on any atom is -0.481 e. The smallest absolute Gasteiger partial charge is 0.312 e. The highest BCUT2D eigenvalue weighted by Crippen LogP contribution is 2.38. The zero-order valence-electron chi connectivity index (χ0n) is 11.1. The zero-order chi connectivity index (χ0) is 13.3. The number of aliphatic carboxylic acids is 1. The van der Waals surface area contributed by atoms with Crippen LogP contribution in [-0.4, -0.2) is 22.1 Å². The van der Waals surface area contributed by atoms with Crippen LogP contribution in [-0.2, 0) is 11.2 Å². The van der Waals surface area contributed by atoms with E-state index in [9.17, 15) is 4.79 Å². The van der Waals surface area contributed by atoms with E-state index in [2.05, 4.69) is 31.1 Å². The monoisotopic (exact) mass is 268 g/mol. The highest BCUT2D eigenvalue weighted by molar-refractivity contribution is 7.15. The van der Waals surface area contributed by atoms with Gasteiger partial charge in [0.2, 0.25) is 0 Å². The number of nitrogens with one attached hydrogen (secondary N) is 1. The first-order valence-corrected chi connectivity index (χ1v) is 7.33. The fourth-order valence-corrected chi connectivity index (χ4v) is 3.35. The Morgan fingerprint density at radius 3 is 2.94 bits per heavy atom. The van der Waals surface area contributed by atoms with Crippen molar-refractivity contribution in [2.24, 2.45) is 5.92 Å². The quantitative estimate of drug-likeness (QED) is 0.861. The summed E-state index contributed by atoms with van der Waals surface area (Å²) in [5.41, 5.74) is 0.784. The van der Waals surface area contributed by atoms with E-state index in [4.69, 9.17) is 5.11 Å². The van der Waals surface area contributed by atoms with Gasteiger partial charge in [0, 0.05) is 10.9 Å². The lowest BCUT2D eigenvalue weighted by molar-refractivity contribution is -0.138. The van der Waals surface area contributed by atoms with Crippen LogP contribution in [0.25, 0.3) is 0 Å². The number of carboxylic acids is 1. The summed E-state index contributed by atoms with van der Waals surface area (Å²) in [5, 5.41) is 13.4. The second-order valence-electron chi connectivity index (χ2n) is 5.08. The Bertz CT molecular complexity index is 444. The Morgan fingerprint density at radius 1 is 1.61 bits per heavy atom. The number of aryl methyl sites for hydroxylation is 1. The van der Waals surface area contributed by atoms with E-state index in [0.29, 0.717) is 18.4 Å². The molecule has 2 N–H and O–H groups in total. The van der Waals surface area contributed by atoms with E-state index in [0.717, 1.165) is 28.5 Å². The van der Waals surface area contributed by atoms with Crippen molar-refractivity contribution < 1.29 is 9.90 Å². The highest BCUT2D eigenvalue weighted by Gasteiger charge is 2.32. The molecule has 4 nitrogen and oxygen atoms in total. The number of anilines is 1. The van der Waals surface area contributed by atoms with Crippen molar-refractivity contribution in [1.82, 2.24) is 4.98 Å². The van der Waals surface area contributed by atoms with Crippen molar-refractivity contribution in [3.05, 3.63) is 10.6 Å². The molecule has 5 heteroatoms.